The summed E-state index contributed by atoms with van der Waals surface area (Å²) in [5.74, 6) is -0.506. The molecule has 2 aromatic heterocycles. The van der Waals surface area contributed by atoms with Gasteiger partial charge in [0.1, 0.15) is 17.1 Å². The largest absolute Gasteiger partial charge is 0.494 e. The summed E-state index contributed by atoms with van der Waals surface area (Å²) in [6, 6.07) is 10.3. The molecule has 0 saturated carbocycles. The summed E-state index contributed by atoms with van der Waals surface area (Å²) < 4.78 is 53.5. The van der Waals surface area contributed by atoms with E-state index in [1.54, 1.807) is 39.0 Å². The number of carbonyl (C=O) groups excluding carboxylic acids is 1. The first-order valence-corrected chi connectivity index (χ1v) is 11.5. The molecule has 0 spiro atoms. The van der Waals surface area contributed by atoms with Crippen LogP contribution in [0, 0.1) is 5.82 Å². The number of hydrogen-bond acceptors (Lipinski definition) is 6. The molecule has 0 aliphatic carbocycles. The Kier molecular flexibility index (Phi) is 6.78. The summed E-state index contributed by atoms with van der Waals surface area (Å²) in [5, 5.41) is -0.215. The molecular weight excluding hydrogens is 449 g/mol. The maximum absolute atomic E-state index is 14.8. The van der Waals surface area contributed by atoms with E-state index in [1.807, 2.05) is 0 Å². The molecule has 0 aliphatic rings. The first-order chi connectivity index (χ1) is 15.5. The van der Waals surface area contributed by atoms with Crippen LogP contribution in [0.25, 0.3) is 11.3 Å². The van der Waals surface area contributed by atoms with Gasteiger partial charge in [-0.2, -0.15) is 8.42 Å². The summed E-state index contributed by atoms with van der Waals surface area (Å²) in [6.07, 6.45) is 2.07. The molecule has 10 heteroatoms. The second-order valence-corrected chi connectivity index (χ2v) is 10.1. The van der Waals surface area contributed by atoms with Gasteiger partial charge < -0.3 is 14.4 Å². The number of methoxy groups -OCH3 is 1. The van der Waals surface area contributed by atoms with Gasteiger partial charge in [0.05, 0.1) is 13.7 Å². The van der Waals surface area contributed by atoms with E-state index < -0.39 is 27.5 Å². The van der Waals surface area contributed by atoms with Crippen LogP contribution in [0.3, 0.4) is 0 Å². The summed E-state index contributed by atoms with van der Waals surface area (Å²) in [5.41, 5.74) is -0.334. The van der Waals surface area contributed by atoms with Crippen molar-refractivity contribution in [3.8, 4) is 17.0 Å². The van der Waals surface area contributed by atoms with E-state index in [9.17, 15) is 17.6 Å². The Labute approximate surface area is 192 Å². The van der Waals surface area contributed by atoms with Crippen molar-refractivity contribution in [2.45, 2.75) is 37.9 Å². The number of nitrogens with zero attached hydrogens (tertiary/aromatic N) is 3. The number of ether oxygens (including phenoxy) is 2. The quantitative estimate of drug-likeness (QED) is 0.528. The lowest BCUT2D eigenvalue weighted by molar-refractivity contribution is 0.0284. The second-order valence-electron chi connectivity index (χ2n) is 8.32. The number of benzene rings is 1. The van der Waals surface area contributed by atoms with Gasteiger partial charge in [-0.15, -0.1) is 0 Å². The van der Waals surface area contributed by atoms with Crippen molar-refractivity contribution in [1.82, 2.24) is 13.9 Å². The van der Waals surface area contributed by atoms with Crippen LogP contribution in [0.1, 0.15) is 26.3 Å². The first-order valence-electron chi connectivity index (χ1n) is 10.1. The molecule has 33 heavy (non-hydrogen) atoms. The molecule has 1 aromatic carbocycles. The van der Waals surface area contributed by atoms with Gasteiger partial charge in [-0.1, -0.05) is 18.2 Å². The van der Waals surface area contributed by atoms with E-state index in [0.29, 0.717) is 5.56 Å². The minimum Gasteiger partial charge on any atom is -0.494 e. The molecule has 2 heterocycles. The summed E-state index contributed by atoms with van der Waals surface area (Å²) in [6.45, 7) is 5.19. The summed E-state index contributed by atoms with van der Waals surface area (Å²) >= 11 is 0. The van der Waals surface area contributed by atoms with Gasteiger partial charge in [0.2, 0.25) is 0 Å². The molecule has 3 rings (SSSR count). The zero-order valence-corrected chi connectivity index (χ0v) is 19.9. The van der Waals surface area contributed by atoms with Gasteiger partial charge in [-0.05, 0) is 45.0 Å². The lowest BCUT2D eigenvalue weighted by Gasteiger charge is -2.24. The first kappa shape index (κ1) is 24.2. The molecule has 0 fully saturated rings. The zero-order chi connectivity index (χ0) is 24.4. The molecule has 0 atom stereocenters. The van der Waals surface area contributed by atoms with E-state index in [2.05, 4.69) is 4.98 Å². The Hall–Kier alpha value is -3.40. The smallest absolute Gasteiger partial charge is 0.410 e. The molecule has 3 aromatic rings. The standard InChI is InChI=1S/C23H26FN3O5S/c1-23(2,3)32-22(28)26(4)14-16-15-27(33(29,30)19-12-8-9-13-25-19)20(21(16)31-5)17-10-6-7-11-18(17)24/h6-13,15H,14H2,1-5H3. The van der Waals surface area contributed by atoms with Crippen molar-refractivity contribution >= 4 is 16.1 Å². The molecule has 0 unspecified atom stereocenters. The number of rotatable bonds is 6. The lowest BCUT2D eigenvalue weighted by Crippen LogP contribution is -2.33. The predicted octanol–water partition coefficient (Wildman–Crippen LogP) is 4.30. The number of pyridine rings is 1. The molecule has 0 N–H and O–H groups in total. The third-order valence-electron chi connectivity index (χ3n) is 4.61. The molecule has 1 amide bonds. The third-order valence-corrected chi connectivity index (χ3v) is 6.18. The monoisotopic (exact) mass is 475 g/mol. The Morgan fingerprint density at radius 1 is 1.15 bits per heavy atom. The van der Waals surface area contributed by atoms with Crippen molar-refractivity contribution in [2.75, 3.05) is 14.2 Å². The van der Waals surface area contributed by atoms with Crippen LogP contribution in [-0.4, -0.2) is 48.1 Å². The molecule has 8 nitrogen and oxygen atoms in total. The van der Waals surface area contributed by atoms with Crippen LogP contribution in [0.15, 0.2) is 59.9 Å². The van der Waals surface area contributed by atoms with Gasteiger partial charge in [-0.3, -0.25) is 0 Å². The fourth-order valence-electron chi connectivity index (χ4n) is 3.20. The maximum Gasteiger partial charge on any atom is 0.410 e. The topological polar surface area (TPSA) is 90.7 Å². The SMILES string of the molecule is COc1c(CN(C)C(=O)OC(C)(C)C)cn(S(=O)(=O)c2ccccn2)c1-c1ccccc1F. The zero-order valence-electron chi connectivity index (χ0n) is 19.1. The molecule has 0 radical (unpaired) electrons. The average molecular weight is 476 g/mol. The van der Waals surface area contributed by atoms with E-state index in [1.165, 1.54) is 55.7 Å². The second kappa shape index (κ2) is 9.22. The van der Waals surface area contributed by atoms with Gasteiger partial charge in [0.15, 0.2) is 10.8 Å². The van der Waals surface area contributed by atoms with Crippen LogP contribution in [-0.2, 0) is 21.3 Å². The van der Waals surface area contributed by atoms with Crippen molar-refractivity contribution < 1.29 is 27.1 Å². The summed E-state index contributed by atoms with van der Waals surface area (Å²) in [4.78, 5) is 17.7. The number of carbonyl (C=O) groups is 1. The third kappa shape index (κ3) is 5.16. The van der Waals surface area contributed by atoms with Gasteiger partial charge in [-0.25, -0.2) is 18.1 Å². The lowest BCUT2D eigenvalue weighted by atomic mass is 10.1. The van der Waals surface area contributed by atoms with Crippen LogP contribution < -0.4 is 4.74 Å². The maximum atomic E-state index is 14.8. The highest BCUT2D eigenvalue weighted by atomic mass is 32.2. The minimum atomic E-state index is -4.21. The highest BCUT2D eigenvalue weighted by Gasteiger charge is 2.30. The Bertz CT molecular complexity index is 1250. The van der Waals surface area contributed by atoms with Crippen molar-refractivity contribution in [3.05, 3.63) is 66.2 Å². The molecule has 0 bridgehead atoms. The van der Waals surface area contributed by atoms with Crippen molar-refractivity contribution in [2.24, 2.45) is 0 Å². The number of hydrogen-bond donors (Lipinski definition) is 0. The average Bonchev–Trinajstić information content (AvgIpc) is 3.12. The Morgan fingerprint density at radius 3 is 2.39 bits per heavy atom. The van der Waals surface area contributed by atoms with E-state index in [-0.39, 0.29) is 28.6 Å². The molecule has 0 aliphatic heterocycles. The highest BCUT2D eigenvalue weighted by Crippen LogP contribution is 2.39. The van der Waals surface area contributed by atoms with Crippen molar-refractivity contribution in [1.29, 1.82) is 0 Å². The van der Waals surface area contributed by atoms with Crippen LogP contribution >= 0.6 is 0 Å². The number of amides is 1. The summed E-state index contributed by atoms with van der Waals surface area (Å²) in [7, 11) is -1.34. The van der Waals surface area contributed by atoms with Gasteiger partial charge in [0, 0.05) is 30.6 Å². The Morgan fingerprint density at radius 2 is 1.82 bits per heavy atom. The van der Waals surface area contributed by atoms with Crippen LogP contribution in [0.2, 0.25) is 0 Å². The van der Waals surface area contributed by atoms with Crippen molar-refractivity contribution in [3.63, 3.8) is 0 Å². The van der Waals surface area contributed by atoms with Crippen LogP contribution in [0.5, 0.6) is 5.75 Å². The fourth-order valence-corrected chi connectivity index (χ4v) is 4.54. The van der Waals surface area contributed by atoms with Crippen LogP contribution in [0.4, 0.5) is 9.18 Å². The minimum absolute atomic E-state index is 0.00570. The normalized spacial score (nSPS) is 11.8. The molecule has 0 saturated heterocycles. The number of halogens is 1. The van der Waals surface area contributed by atoms with Gasteiger partial charge >= 0.3 is 6.09 Å². The Balaban J connectivity index is 2.18. The predicted molar refractivity (Wildman–Crippen MR) is 121 cm³/mol. The van der Waals surface area contributed by atoms with E-state index >= 15 is 0 Å². The van der Waals surface area contributed by atoms with E-state index in [0.717, 1.165) is 3.97 Å². The molecule has 176 valence electrons. The van der Waals surface area contributed by atoms with E-state index in [4.69, 9.17) is 9.47 Å². The fraction of sp³-hybridized carbons (Fsp3) is 0.304. The van der Waals surface area contributed by atoms with Gasteiger partial charge in [0.25, 0.3) is 10.0 Å². The molecular formula is C23H26FN3O5S. The highest BCUT2D eigenvalue weighted by molar-refractivity contribution is 7.90. The number of aromatic nitrogens is 2.